The van der Waals surface area contributed by atoms with Crippen molar-refractivity contribution in [2.45, 2.75) is 19.3 Å². The average Bonchev–Trinajstić information content (AvgIpc) is 2.61. The molecule has 0 unspecified atom stereocenters. The summed E-state index contributed by atoms with van der Waals surface area (Å²) in [6.07, 6.45) is 0. The zero-order chi connectivity index (χ0) is 11.5. The predicted octanol–water partition coefficient (Wildman–Crippen LogP) is 1.86. The molecule has 0 radical (unpaired) electrons. The molecule has 84 valence electrons. The average molecular weight is 291 g/mol. The lowest BCUT2D eigenvalue weighted by Gasteiger charge is -2.21. The van der Waals surface area contributed by atoms with E-state index in [0.717, 1.165) is 9.35 Å². The monoisotopic (exact) mass is 290 g/mol. The number of carbonyl (C=O) groups is 1. The van der Waals surface area contributed by atoms with Crippen molar-refractivity contribution in [2.75, 3.05) is 13.1 Å². The topological polar surface area (TPSA) is 55.1 Å². The number of halogens is 1. The Kier molecular flexibility index (Phi) is 4.31. The van der Waals surface area contributed by atoms with Crippen molar-refractivity contribution in [1.29, 1.82) is 0 Å². The Morgan fingerprint density at radius 2 is 2.33 bits per heavy atom. The molecule has 3 N–H and O–H groups in total. The van der Waals surface area contributed by atoms with Crippen LogP contribution in [-0.2, 0) is 10.2 Å². The number of hydrogen-bond donors (Lipinski definition) is 2. The first-order valence-corrected chi connectivity index (χ1v) is 6.38. The van der Waals surface area contributed by atoms with E-state index in [-0.39, 0.29) is 5.91 Å². The number of hydrogen-bond acceptors (Lipinski definition) is 3. The van der Waals surface area contributed by atoms with E-state index in [0.29, 0.717) is 13.1 Å². The van der Waals surface area contributed by atoms with Crippen LogP contribution in [0.5, 0.6) is 0 Å². The minimum Gasteiger partial charge on any atom is -0.354 e. The molecular formula is C10H15BrN2OS. The molecule has 0 aliphatic carbocycles. The lowest BCUT2D eigenvalue weighted by molar-refractivity contribution is -0.125. The summed E-state index contributed by atoms with van der Waals surface area (Å²) in [6.45, 7) is 4.82. The predicted molar refractivity (Wildman–Crippen MR) is 67.1 cm³/mol. The summed E-state index contributed by atoms with van der Waals surface area (Å²) in [6, 6.07) is 1.98. The molecule has 0 aromatic carbocycles. The molecule has 0 atom stereocenters. The van der Waals surface area contributed by atoms with Gasteiger partial charge in [0.05, 0.1) is 5.41 Å². The van der Waals surface area contributed by atoms with Crippen LogP contribution < -0.4 is 11.1 Å². The minimum absolute atomic E-state index is 0.0160. The van der Waals surface area contributed by atoms with Gasteiger partial charge in [-0.15, -0.1) is 11.3 Å². The van der Waals surface area contributed by atoms with Crippen molar-refractivity contribution in [3.8, 4) is 0 Å². The van der Waals surface area contributed by atoms with E-state index in [1.807, 2.05) is 25.3 Å². The molecule has 1 heterocycles. The first-order valence-electron chi connectivity index (χ1n) is 4.71. The van der Waals surface area contributed by atoms with E-state index in [2.05, 4.69) is 21.2 Å². The second-order valence-corrected chi connectivity index (χ2v) is 5.63. The number of nitrogens with one attached hydrogen (secondary N) is 1. The lowest BCUT2D eigenvalue weighted by Crippen LogP contribution is -2.41. The smallest absolute Gasteiger partial charge is 0.230 e. The maximum Gasteiger partial charge on any atom is 0.230 e. The van der Waals surface area contributed by atoms with Crippen molar-refractivity contribution in [3.05, 3.63) is 20.8 Å². The highest BCUT2D eigenvalue weighted by molar-refractivity contribution is 9.10. The van der Waals surface area contributed by atoms with E-state index in [9.17, 15) is 4.79 Å². The summed E-state index contributed by atoms with van der Waals surface area (Å²) in [5.41, 5.74) is 4.85. The van der Waals surface area contributed by atoms with Crippen LogP contribution in [0.15, 0.2) is 15.9 Å². The molecule has 0 aliphatic rings. The minimum atomic E-state index is -0.494. The zero-order valence-corrected chi connectivity index (χ0v) is 11.2. The van der Waals surface area contributed by atoms with Crippen molar-refractivity contribution < 1.29 is 4.79 Å². The highest BCUT2D eigenvalue weighted by atomic mass is 79.9. The third-order valence-electron chi connectivity index (χ3n) is 2.18. The maximum absolute atomic E-state index is 11.9. The van der Waals surface area contributed by atoms with Crippen LogP contribution in [-0.4, -0.2) is 19.0 Å². The maximum atomic E-state index is 11.9. The van der Waals surface area contributed by atoms with Crippen molar-refractivity contribution in [2.24, 2.45) is 5.73 Å². The second kappa shape index (κ2) is 5.09. The van der Waals surface area contributed by atoms with Crippen LogP contribution in [0.4, 0.5) is 0 Å². The van der Waals surface area contributed by atoms with E-state index >= 15 is 0 Å². The van der Waals surface area contributed by atoms with Gasteiger partial charge in [-0.3, -0.25) is 4.79 Å². The summed E-state index contributed by atoms with van der Waals surface area (Å²) in [5.74, 6) is 0.0160. The summed E-state index contributed by atoms with van der Waals surface area (Å²) in [5, 5.41) is 4.79. The summed E-state index contributed by atoms with van der Waals surface area (Å²) in [4.78, 5) is 12.9. The van der Waals surface area contributed by atoms with Gasteiger partial charge in [0.25, 0.3) is 0 Å². The Morgan fingerprint density at radius 3 is 2.80 bits per heavy atom. The van der Waals surface area contributed by atoms with Gasteiger partial charge in [0.15, 0.2) is 0 Å². The van der Waals surface area contributed by atoms with Crippen molar-refractivity contribution >= 4 is 33.2 Å². The van der Waals surface area contributed by atoms with Crippen LogP contribution in [0.25, 0.3) is 0 Å². The quantitative estimate of drug-likeness (QED) is 0.889. The molecule has 1 aromatic rings. The molecule has 1 amide bonds. The Morgan fingerprint density at radius 1 is 1.67 bits per heavy atom. The van der Waals surface area contributed by atoms with Crippen LogP contribution in [0, 0.1) is 0 Å². The molecule has 1 rings (SSSR count). The highest BCUT2D eigenvalue weighted by Gasteiger charge is 2.30. The fourth-order valence-corrected chi connectivity index (χ4v) is 2.71. The number of amides is 1. The summed E-state index contributed by atoms with van der Waals surface area (Å²) >= 11 is 4.96. The van der Waals surface area contributed by atoms with Crippen LogP contribution in [0.3, 0.4) is 0 Å². The molecule has 3 nitrogen and oxygen atoms in total. The van der Waals surface area contributed by atoms with Crippen molar-refractivity contribution in [3.63, 3.8) is 0 Å². The molecule has 0 saturated carbocycles. The molecular weight excluding hydrogens is 276 g/mol. The molecule has 0 bridgehead atoms. The van der Waals surface area contributed by atoms with E-state index in [1.165, 1.54) is 0 Å². The first kappa shape index (κ1) is 12.7. The zero-order valence-electron chi connectivity index (χ0n) is 8.84. The third kappa shape index (κ3) is 3.03. The van der Waals surface area contributed by atoms with Gasteiger partial charge in [-0.25, -0.2) is 0 Å². The van der Waals surface area contributed by atoms with Crippen LogP contribution in [0.1, 0.15) is 18.7 Å². The Labute approximate surface area is 102 Å². The Bertz CT molecular complexity index is 349. The van der Waals surface area contributed by atoms with Gasteiger partial charge in [0.2, 0.25) is 5.91 Å². The standard InChI is InChI=1S/C10H15BrN2OS/c1-10(2,9(14)13-4-3-12)8-5-7(11)6-15-8/h5-6H,3-4,12H2,1-2H3,(H,13,14). The first-order chi connectivity index (χ1) is 6.98. The Hall–Kier alpha value is -0.390. The molecule has 15 heavy (non-hydrogen) atoms. The lowest BCUT2D eigenvalue weighted by atomic mass is 9.90. The Balaban J connectivity index is 2.77. The van der Waals surface area contributed by atoms with Gasteiger partial charge in [0.1, 0.15) is 0 Å². The number of thiophene rings is 1. The van der Waals surface area contributed by atoms with E-state index in [4.69, 9.17) is 5.73 Å². The number of carbonyl (C=O) groups excluding carboxylic acids is 1. The summed E-state index contributed by atoms with van der Waals surface area (Å²) < 4.78 is 1.02. The van der Waals surface area contributed by atoms with Gasteiger partial charge >= 0.3 is 0 Å². The van der Waals surface area contributed by atoms with Gasteiger partial charge in [-0.1, -0.05) is 0 Å². The third-order valence-corrected chi connectivity index (χ3v) is 4.20. The van der Waals surface area contributed by atoms with Gasteiger partial charge in [0, 0.05) is 27.8 Å². The molecule has 0 fully saturated rings. The van der Waals surface area contributed by atoms with Crippen molar-refractivity contribution in [1.82, 2.24) is 5.32 Å². The van der Waals surface area contributed by atoms with Crippen LogP contribution in [0.2, 0.25) is 0 Å². The number of nitrogens with two attached hydrogens (primary N) is 1. The van der Waals surface area contributed by atoms with Gasteiger partial charge in [-0.05, 0) is 35.8 Å². The van der Waals surface area contributed by atoms with E-state index < -0.39 is 5.41 Å². The van der Waals surface area contributed by atoms with Crippen LogP contribution >= 0.6 is 27.3 Å². The fourth-order valence-electron chi connectivity index (χ4n) is 1.16. The van der Waals surface area contributed by atoms with Gasteiger partial charge < -0.3 is 11.1 Å². The molecule has 1 aromatic heterocycles. The molecule has 0 aliphatic heterocycles. The highest BCUT2D eigenvalue weighted by Crippen LogP contribution is 2.31. The molecule has 5 heteroatoms. The molecule has 0 spiro atoms. The normalized spacial score (nSPS) is 11.5. The molecule has 0 saturated heterocycles. The van der Waals surface area contributed by atoms with E-state index in [1.54, 1.807) is 11.3 Å². The second-order valence-electron chi connectivity index (χ2n) is 3.80. The largest absolute Gasteiger partial charge is 0.354 e. The summed E-state index contributed by atoms with van der Waals surface area (Å²) in [7, 11) is 0. The fraction of sp³-hybridized carbons (Fsp3) is 0.500. The number of rotatable bonds is 4. The SMILES string of the molecule is CC(C)(C(=O)NCCN)c1cc(Br)cs1. The van der Waals surface area contributed by atoms with Gasteiger partial charge in [-0.2, -0.15) is 0 Å².